The van der Waals surface area contributed by atoms with Crippen LogP contribution in [0.5, 0.6) is 0 Å². The second kappa shape index (κ2) is 5.05. The highest BCUT2D eigenvalue weighted by Gasteiger charge is 2.43. The molecule has 118 valence electrons. The minimum Gasteiger partial charge on any atom is -0.368 e. The monoisotopic (exact) mass is 305 g/mol. The highest BCUT2D eigenvalue weighted by molar-refractivity contribution is 6.02. The molecule has 2 aliphatic rings. The molecule has 3 unspecified atom stereocenters. The summed E-state index contributed by atoms with van der Waals surface area (Å²) in [5.74, 6) is -1.29. The van der Waals surface area contributed by atoms with Crippen LogP contribution in [-0.4, -0.2) is 22.8 Å². The number of nitrogens with zero attached hydrogens (tertiary/aromatic N) is 1. The molecule has 1 aromatic rings. The highest BCUT2D eigenvalue weighted by atomic mass is 19.1. The van der Waals surface area contributed by atoms with Crippen molar-refractivity contribution in [3.05, 3.63) is 34.1 Å². The Hall–Kier alpha value is -1.95. The molecule has 2 amide bonds. The van der Waals surface area contributed by atoms with E-state index in [1.165, 1.54) is 4.90 Å². The van der Waals surface area contributed by atoms with Gasteiger partial charge >= 0.3 is 0 Å². The Morgan fingerprint density at radius 2 is 2.14 bits per heavy atom. The summed E-state index contributed by atoms with van der Waals surface area (Å²) in [6.07, 6.45) is 0.486. The molecule has 0 saturated heterocycles. The zero-order chi connectivity index (χ0) is 16.2. The van der Waals surface area contributed by atoms with Gasteiger partial charge in [0.2, 0.25) is 5.91 Å². The first-order chi connectivity index (χ1) is 10.4. The van der Waals surface area contributed by atoms with Crippen molar-refractivity contribution in [2.24, 2.45) is 17.4 Å². The zero-order valence-corrected chi connectivity index (χ0v) is 12.7. The molecule has 0 fully saturated rings. The maximum atomic E-state index is 14.6. The van der Waals surface area contributed by atoms with Crippen molar-refractivity contribution >= 4 is 11.8 Å². The van der Waals surface area contributed by atoms with Gasteiger partial charge < -0.3 is 16.4 Å². The summed E-state index contributed by atoms with van der Waals surface area (Å²) in [6, 6.07) is 1.09. The fourth-order valence-corrected chi connectivity index (χ4v) is 3.62. The summed E-state index contributed by atoms with van der Waals surface area (Å²) in [6.45, 7) is 4.35. The number of halogens is 1. The quantitative estimate of drug-likeness (QED) is 0.861. The lowest BCUT2D eigenvalue weighted by Crippen LogP contribution is -2.46. The molecule has 3 rings (SSSR count). The van der Waals surface area contributed by atoms with E-state index in [4.69, 9.17) is 11.5 Å². The standard InChI is InChI=1S/C16H20FN3O2/c1-7-3-12(15(19)21)20-6-11-10(8(7)2)4-9(5-18)14(17)13(11)16(20)22/h4,7-8,12H,3,5-6,18H2,1-2H3,(H2,19,21). The van der Waals surface area contributed by atoms with Crippen LogP contribution >= 0.6 is 0 Å². The highest BCUT2D eigenvalue weighted by Crippen LogP contribution is 2.41. The Kier molecular flexibility index (Phi) is 3.44. The van der Waals surface area contributed by atoms with Gasteiger partial charge in [-0.2, -0.15) is 0 Å². The van der Waals surface area contributed by atoms with Gasteiger partial charge in [0.25, 0.3) is 5.91 Å². The average Bonchev–Trinajstić information content (AvgIpc) is 2.81. The maximum absolute atomic E-state index is 14.6. The van der Waals surface area contributed by atoms with Crippen LogP contribution in [0.15, 0.2) is 6.07 Å². The number of carbonyl (C=O) groups is 2. The Balaban J connectivity index is 2.26. The Bertz CT molecular complexity index is 674. The second-order valence-electron chi connectivity index (χ2n) is 6.35. The first kappa shape index (κ1) is 15.0. The van der Waals surface area contributed by atoms with Crippen LogP contribution in [0.2, 0.25) is 0 Å². The molecule has 0 spiro atoms. The van der Waals surface area contributed by atoms with Crippen molar-refractivity contribution in [1.82, 2.24) is 4.90 Å². The molecule has 5 nitrogen and oxygen atoms in total. The normalized spacial score (nSPS) is 26.8. The number of carbonyl (C=O) groups excluding carboxylic acids is 2. The maximum Gasteiger partial charge on any atom is 0.258 e. The van der Waals surface area contributed by atoms with Crippen molar-refractivity contribution in [2.75, 3.05) is 0 Å². The summed E-state index contributed by atoms with van der Waals surface area (Å²) in [5.41, 5.74) is 13.2. The number of amides is 2. The van der Waals surface area contributed by atoms with Crippen LogP contribution in [0.1, 0.15) is 53.2 Å². The molecule has 4 N–H and O–H groups in total. The van der Waals surface area contributed by atoms with Crippen LogP contribution < -0.4 is 11.5 Å². The number of hydrogen-bond acceptors (Lipinski definition) is 3. The summed E-state index contributed by atoms with van der Waals surface area (Å²) in [7, 11) is 0. The van der Waals surface area contributed by atoms with Crippen LogP contribution in [0.25, 0.3) is 0 Å². The molecule has 22 heavy (non-hydrogen) atoms. The third-order valence-electron chi connectivity index (χ3n) is 5.15. The molecule has 0 saturated carbocycles. The summed E-state index contributed by atoms with van der Waals surface area (Å²) < 4.78 is 14.6. The molecule has 3 atom stereocenters. The lowest BCUT2D eigenvalue weighted by Gasteiger charge is -2.32. The summed E-state index contributed by atoms with van der Waals surface area (Å²) >= 11 is 0. The van der Waals surface area contributed by atoms with Crippen molar-refractivity contribution < 1.29 is 14.0 Å². The van der Waals surface area contributed by atoms with Crippen molar-refractivity contribution in [2.45, 2.75) is 45.3 Å². The van der Waals surface area contributed by atoms with Gasteiger partial charge in [0.15, 0.2) is 0 Å². The molecule has 0 aliphatic carbocycles. The van der Waals surface area contributed by atoms with Crippen molar-refractivity contribution in [3.63, 3.8) is 0 Å². The minimum atomic E-state index is -0.689. The third kappa shape index (κ3) is 1.94. The van der Waals surface area contributed by atoms with Gasteiger partial charge in [-0.25, -0.2) is 4.39 Å². The topological polar surface area (TPSA) is 89.4 Å². The predicted molar refractivity (Wildman–Crippen MR) is 79.3 cm³/mol. The first-order valence-electron chi connectivity index (χ1n) is 7.51. The Morgan fingerprint density at radius 3 is 2.73 bits per heavy atom. The lowest BCUT2D eigenvalue weighted by atomic mass is 9.80. The Morgan fingerprint density at radius 1 is 1.45 bits per heavy atom. The van der Waals surface area contributed by atoms with E-state index in [-0.39, 0.29) is 30.5 Å². The molecular weight excluding hydrogens is 285 g/mol. The third-order valence-corrected chi connectivity index (χ3v) is 5.15. The van der Waals surface area contributed by atoms with E-state index in [2.05, 4.69) is 0 Å². The van der Waals surface area contributed by atoms with E-state index in [0.29, 0.717) is 17.5 Å². The predicted octanol–water partition coefficient (Wildman–Crippen LogP) is 1.24. The SMILES string of the molecule is CC1CC(C(N)=O)N2Cc3c(cc(CN)c(F)c3C2=O)C1C. The molecule has 0 aromatic heterocycles. The van der Waals surface area contributed by atoms with E-state index in [9.17, 15) is 14.0 Å². The van der Waals surface area contributed by atoms with Crippen LogP contribution in [0, 0.1) is 11.7 Å². The minimum absolute atomic E-state index is 0.0414. The van der Waals surface area contributed by atoms with Gasteiger partial charge in [-0.3, -0.25) is 9.59 Å². The molecular formula is C16H20FN3O2. The molecule has 2 heterocycles. The number of hydrogen-bond donors (Lipinski definition) is 2. The van der Waals surface area contributed by atoms with Crippen LogP contribution in [0.4, 0.5) is 4.39 Å². The number of benzene rings is 1. The van der Waals surface area contributed by atoms with E-state index in [0.717, 1.165) is 5.56 Å². The van der Waals surface area contributed by atoms with Gasteiger partial charge in [0, 0.05) is 18.7 Å². The van der Waals surface area contributed by atoms with E-state index >= 15 is 0 Å². The van der Waals surface area contributed by atoms with Crippen molar-refractivity contribution in [1.29, 1.82) is 0 Å². The fraction of sp³-hybridized carbons (Fsp3) is 0.500. The zero-order valence-electron chi connectivity index (χ0n) is 12.7. The Labute approximate surface area is 128 Å². The van der Waals surface area contributed by atoms with Gasteiger partial charge in [-0.15, -0.1) is 0 Å². The second-order valence-corrected chi connectivity index (χ2v) is 6.35. The number of rotatable bonds is 2. The van der Waals surface area contributed by atoms with Gasteiger partial charge in [-0.05, 0) is 29.4 Å². The number of primary amides is 1. The average molecular weight is 305 g/mol. The smallest absolute Gasteiger partial charge is 0.258 e. The molecule has 2 bridgehead atoms. The van der Waals surface area contributed by atoms with E-state index in [1.54, 1.807) is 6.07 Å². The molecule has 2 aliphatic heterocycles. The largest absolute Gasteiger partial charge is 0.368 e. The van der Waals surface area contributed by atoms with Crippen LogP contribution in [0.3, 0.4) is 0 Å². The summed E-state index contributed by atoms with van der Waals surface area (Å²) in [4.78, 5) is 25.8. The van der Waals surface area contributed by atoms with E-state index < -0.39 is 23.7 Å². The molecule has 1 aromatic carbocycles. The van der Waals surface area contributed by atoms with Gasteiger partial charge in [0.1, 0.15) is 11.9 Å². The molecule has 0 radical (unpaired) electrons. The van der Waals surface area contributed by atoms with E-state index in [1.807, 2.05) is 13.8 Å². The van der Waals surface area contributed by atoms with Gasteiger partial charge in [-0.1, -0.05) is 19.9 Å². The lowest BCUT2D eigenvalue weighted by molar-refractivity contribution is -0.123. The fourth-order valence-electron chi connectivity index (χ4n) is 3.62. The first-order valence-corrected chi connectivity index (χ1v) is 7.51. The van der Waals surface area contributed by atoms with Crippen LogP contribution in [-0.2, 0) is 17.9 Å². The summed E-state index contributed by atoms with van der Waals surface area (Å²) in [5, 5.41) is 0. The van der Waals surface area contributed by atoms with Gasteiger partial charge in [0.05, 0.1) is 5.56 Å². The number of fused-ring (bicyclic) bond motifs is 1. The molecule has 6 heteroatoms. The van der Waals surface area contributed by atoms with Crippen molar-refractivity contribution in [3.8, 4) is 0 Å². The number of nitrogens with two attached hydrogens (primary N) is 2.